The van der Waals surface area contributed by atoms with E-state index < -0.39 is 68.4 Å². The summed E-state index contributed by atoms with van der Waals surface area (Å²) in [4.78, 5) is 117. The van der Waals surface area contributed by atoms with Gasteiger partial charge in [-0.15, -0.1) is 0 Å². The number of aromatic amines is 1. The average molecular weight is 1930 g/mol. The Labute approximate surface area is 796 Å². The number of nitrogen functional groups attached to an aromatic ring is 1. The lowest BCUT2D eigenvalue weighted by molar-refractivity contribution is 0.0964. The van der Waals surface area contributed by atoms with Gasteiger partial charge in [0.05, 0.1) is 67.4 Å². The number of aromatic nitrogens is 12. The lowest BCUT2D eigenvalue weighted by Crippen LogP contribution is -2.43. The van der Waals surface area contributed by atoms with E-state index in [2.05, 4.69) is 142 Å². The van der Waals surface area contributed by atoms with Crippen molar-refractivity contribution < 1.29 is 31.9 Å². The molecular formula is C97H128Cl6F4N18O6. The molecule has 10 aromatic heterocycles. The van der Waals surface area contributed by atoms with E-state index in [0.29, 0.717) is 57.1 Å². The van der Waals surface area contributed by atoms with Crippen LogP contribution in [0.5, 0.6) is 0 Å². The van der Waals surface area contributed by atoms with Gasteiger partial charge in [-0.2, -0.15) is 4.98 Å². The van der Waals surface area contributed by atoms with Crippen LogP contribution in [0.3, 0.4) is 0 Å². The molecule has 0 bridgehead atoms. The molecule has 712 valence electrons. The fourth-order valence-electron chi connectivity index (χ4n) is 15.5. The molecule has 12 heterocycles. The highest BCUT2D eigenvalue weighted by Crippen LogP contribution is 2.38. The molecule has 0 aromatic carbocycles. The van der Waals surface area contributed by atoms with E-state index in [-0.39, 0.29) is 66.6 Å². The number of rotatable bonds is 26. The third-order valence-corrected chi connectivity index (χ3v) is 24.9. The summed E-state index contributed by atoms with van der Waals surface area (Å²) >= 11 is 34.2. The highest BCUT2D eigenvalue weighted by Gasteiger charge is 2.32. The van der Waals surface area contributed by atoms with Crippen molar-refractivity contribution in [3.63, 3.8) is 0 Å². The zero-order valence-corrected chi connectivity index (χ0v) is 83.6. The molecule has 2 saturated heterocycles. The third kappa shape index (κ3) is 29.1. The van der Waals surface area contributed by atoms with Crippen LogP contribution in [0.25, 0.3) is 33.4 Å². The van der Waals surface area contributed by atoms with Crippen LogP contribution in [0, 0.1) is 62.8 Å². The van der Waals surface area contributed by atoms with Gasteiger partial charge in [0, 0.05) is 43.4 Å². The van der Waals surface area contributed by atoms with Crippen molar-refractivity contribution in [2.75, 3.05) is 29.0 Å². The minimum absolute atomic E-state index is 0.0122. The molecule has 2 fully saturated rings. The van der Waals surface area contributed by atoms with Gasteiger partial charge in [0.1, 0.15) is 16.1 Å². The van der Waals surface area contributed by atoms with E-state index in [4.69, 9.17) is 86.1 Å². The topological polar surface area (TPSA) is 335 Å². The molecule has 8 N–H and O–H groups in total. The van der Waals surface area contributed by atoms with Crippen LogP contribution < -0.4 is 49.3 Å². The molecule has 4 atom stereocenters. The van der Waals surface area contributed by atoms with E-state index in [1.54, 1.807) is 0 Å². The van der Waals surface area contributed by atoms with Crippen molar-refractivity contribution in [2.45, 2.75) is 303 Å². The number of urea groups is 1. The van der Waals surface area contributed by atoms with Crippen LogP contribution in [-0.4, -0.2) is 102 Å². The molecule has 131 heavy (non-hydrogen) atoms. The van der Waals surface area contributed by atoms with Crippen molar-refractivity contribution in [2.24, 2.45) is 17.6 Å². The Balaban J connectivity index is 0.000000227. The second kappa shape index (κ2) is 51.3. The maximum absolute atomic E-state index is 14.8. The maximum Gasteiger partial charge on any atom is 0.355 e. The second-order valence-electron chi connectivity index (χ2n) is 35.2. The minimum Gasteiger partial charge on any atom is -0.397 e. The standard InChI is InChI=1S/C28H37ClFN5O.C21H25Cl2FN4O2.C21H24ClFN4O2.C14H24N2.C7H15N.C6H3Cl2FN2O/c1-7-8-9-10-20-14-31-23(16(2)3)24(19(20)6)35-27-21(13-22(30)25(29)32-27)26(33-28(35)36)34-15-17(4)11-12-18(34)5;1-5-6-7-8-13-10-25-16(11(2)3)17(12(13)4)26-21(30)28-20(29)14-9-15(24)19(23)27-18(14)22;1-5-6-7-8-13-10-24-16(11(2)3)17(12(13)4)27-19-14(20(28)26-21(27)29)9-15(23)18(22)25-19;1-5-6-7-8-12-9-16-14(10(2)3)13(15)11(12)4;1-6-3-4-7(2)8-5-6;7-4-2(6(10)12)1-3(9)5(8)11-4/h13-14,16-18H,7-12,15H2,1-6H3;9-11H,5-8H2,1-4H3,(H2,26,28,29,30);9-11H,5-8H2,1-4H3,(H,26,28,29);9-10H,5-8,15H2,1-4H3;6-8H,3-5H2,1-2H3;1H,(H2,10,12)/t17-,18-;;;;6-,7-;/m0...0./s1. The molecule has 0 aliphatic carbocycles. The van der Waals surface area contributed by atoms with Crippen molar-refractivity contribution in [1.82, 2.24) is 69.6 Å². The van der Waals surface area contributed by atoms with Crippen molar-refractivity contribution in [3.8, 4) is 11.4 Å². The number of nitrogens with zero attached hydrogens (tertiary/aromatic N) is 12. The number of primary amides is 1. The highest BCUT2D eigenvalue weighted by atomic mass is 35.5. The molecule has 0 spiro atoms. The number of pyridine rings is 8. The first kappa shape index (κ1) is 109. The molecule has 24 nitrogen and oxygen atoms in total. The van der Waals surface area contributed by atoms with Crippen molar-refractivity contribution in [1.29, 1.82) is 0 Å². The number of amides is 4. The number of hydrogen-bond donors (Lipinski definition) is 6. The second-order valence-corrected chi connectivity index (χ2v) is 37.3. The number of nitrogens with one attached hydrogen (secondary N) is 4. The maximum atomic E-state index is 14.8. The number of imide groups is 1. The summed E-state index contributed by atoms with van der Waals surface area (Å²) < 4.78 is 57.8. The molecular weight excluding hydrogens is 1800 g/mol. The Morgan fingerprint density at radius 1 is 0.489 bits per heavy atom. The summed E-state index contributed by atoms with van der Waals surface area (Å²) in [6.45, 7) is 43.7. The van der Waals surface area contributed by atoms with Gasteiger partial charge in [-0.25, -0.2) is 61.0 Å². The van der Waals surface area contributed by atoms with Gasteiger partial charge in [0.25, 0.3) is 17.4 Å². The predicted octanol–water partition coefficient (Wildman–Crippen LogP) is 24.1. The zero-order chi connectivity index (χ0) is 97.3. The summed E-state index contributed by atoms with van der Waals surface area (Å²) in [6, 6.07) is 4.24. The highest BCUT2D eigenvalue weighted by molar-refractivity contribution is 6.35. The van der Waals surface area contributed by atoms with Gasteiger partial charge in [0.15, 0.2) is 55.2 Å². The molecule has 4 amide bonds. The largest absolute Gasteiger partial charge is 0.397 e. The Morgan fingerprint density at radius 3 is 1.34 bits per heavy atom. The number of carbonyl (C=O) groups excluding carboxylic acids is 3. The predicted molar refractivity (Wildman–Crippen MR) is 524 cm³/mol. The van der Waals surface area contributed by atoms with Gasteiger partial charge in [0.2, 0.25) is 0 Å². The Kier molecular flexibility index (Phi) is 42.5. The Morgan fingerprint density at radius 2 is 0.893 bits per heavy atom. The lowest BCUT2D eigenvalue weighted by atomic mass is 9.95. The van der Waals surface area contributed by atoms with Crippen LogP contribution in [0.4, 0.5) is 39.5 Å². The SMILES string of the molecule is CCCCCc1cnc(C(C)C)c(-n2c(=O)[nH]c(=O)c3cc(F)c(Cl)nc32)c1C.CCCCCc1cnc(C(C)C)c(-n2c(=O)nc(N3C[C@@H](C)CC[C@@H]3C)c3cc(F)c(Cl)nc32)c1C.CCCCCc1cnc(C(C)C)c(N)c1C.CCCCCc1cnc(C(C)C)c(NC(=O)NC(=O)c2cc(F)c(Cl)nc2Cl)c1C.C[C@H]1CC[C@H](C)NC1.NC(=O)c1cc(F)c(Cl)nc1Cl. The first-order valence-corrected chi connectivity index (χ1v) is 47.6. The van der Waals surface area contributed by atoms with Crippen molar-refractivity contribution >= 4 is 127 Å². The van der Waals surface area contributed by atoms with E-state index in [9.17, 15) is 46.3 Å². The molecule has 2 aliphatic heterocycles. The summed E-state index contributed by atoms with van der Waals surface area (Å²) in [5, 5.41) is 6.75. The number of nitrogens with two attached hydrogens (primary N) is 2. The normalized spacial score (nSPS) is 14.8. The minimum atomic E-state index is -0.909. The van der Waals surface area contributed by atoms with Crippen LogP contribution in [-0.2, 0) is 25.7 Å². The van der Waals surface area contributed by atoms with E-state index >= 15 is 0 Å². The quantitative estimate of drug-likeness (QED) is 0.0167. The summed E-state index contributed by atoms with van der Waals surface area (Å²) in [6.07, 6.45) is 29.7. The fraction of sp³-hybridized carbons (Fsp3) is 0.515. The number of anilines is 3. The molecule has 0 unspecified atom stereocenters. The average Bonchev–Trinajstić information content (AvgIpc) is 0.743. The summed E-state index contributed by atoms with van der Waals surface area (Å²) in [7, 11) is 0. The van der Waals surface area contributed by atoms with Crippen LogP contribution in [0.1, 0.15) is 325 Å². The lowest BCUT2D eigenvalue weighted by Gasteiger charge is -2.38. The zero-order valence-electron chi connectivity index (χ0n) is 79.0. The molecule has 12 rings (SSSR count). The monoisotopic (exact) mass is 1930 g/mol. The molecule has 0 radical (unpaired) electrons. The number of carbonyl (C=O) groups is 3. The van der Waals surface area contributed by atoms with Crippen LogP contribution in [0.15, 0.2) is 63.4 Å². The number of piperidine rings is 2. The van der Waals surface area contributed by atoms with Gasteiger partial charge >= 0.3 is 17.4 Å². The number of unbranched alkanes of at least 4 members (excludes halogenated alkanes) is 8. The Bertz CT molecular complexity index is 5820. The van der Waals surface area contributed by atoms with Crippen LogP contribution in [0.2, 0.25) is 30.9 Å². The van der Waals surface area contributed by atoms with Gasteiger partial charge in [-0.3, -0.25) is 44.6 Å². The molecule has 34 heteroatoms. The van der Waals surface area contributed by atoms with Gasteiger partial charge in [-0.1, -0.05) is 218 Å². The first-order chi connectivity index (χ1) is 61.9. The van der Waals surface area contributed by atoms with E-state index in [1.165, 1.54) is 65.0 Å². The van der Waals surface area contributed by atoms with Crippen LogP contribution >= 0.6 is 69.6 Å². The molecule has 0 saturated carbocycles. The fourth-order valence-corrected chi connectivity index (χ4v) is 16.6. The Hall–Kier alpha value is -9.29. The molecule has 2 aliphatic rings. The summed E-state index contributed by atoms with van der Waals surface area (Å²) in [5.74, 6) is -2.54. The third-order valence-electron chi connectivity index (χ3n) is 23.3. The van der Waals surface area contributed by atoms with Gasteiger partial charge < -0.3 is 27.0 Å². The number of fused-ring (bicyclic) bond motifs is 2. The number of hydrogen-bond acceptors (Lipinski definition) is 18. The van der Waals surface area contributed by atoms with Crippen molar-refractivity contribution in [3.05, 3.63) is 213 Å². The number of H-pyrrole nitrogens is 1. The number of aryl methyl sites for hydroxylation is 4. The molecule has 10 aromatic rings. The first-order valence-electron chi connectivity index (χ1n) is 45.4. The summed E-state index contributed by atoms with van der Waals surface area (Å²) in [5.41, 5.74) is 23.5. The smallest absolute Gasteiger partial charge is 0.355 e. The number of halogens is 10. The van der Waals surface area contributed by atoms with Gasteiger partial charge in [-0.05, 0) is 229 Å². The van der Waals surface area contributed by atoms with E-state index in [1.807, 2.05) is 87.1 Å². The van der Waals surface area contributed by atoms with E-state index in [0.717, 1.165) is 183 Å².